The molecule has 0 saturated carbocycles. The maximum atomic E-state index is 11.4. The number of hydrogen-bond acceptors (Lipinski definition) is 3. The minimum absolute atomic E-state index is 0.188. The van der Waals surface area contributed by atoms with Crippen LogP contribution in [0.4, 0.5) is 0 Å². The van der Waals surface area contributed by atoms with Gasteiger partial charge in [-0.1, -0.05) is 0 Å². The number of nitrogens with one attached hydrogen (secondary N) is 1. The molecule has 1 fully saturated rings. The Bertz CT molecular complexity index is 233. The molecule has 0 radical (unpaired) electrons. The molecule has 0 spiro atoms. The first-order valence-corrected chi connectivity index (χ1v) is 5.23. The minimum atomic E-state index is -0.192. The third-order valence-electron chi connectivity index (χ3n) is 2.31. The number of esters is 1. The van der Waals surface area contributed by atoms with Gasteiger partial charge < -0.3 is 15.0 Å². The van der Waals surface area contributed by atoms with Gasteiger partial charge >= 0.3 is 5.97 Å². The highest BCUT2D eigenvalue weighted by Crippen LogP contribution is 2.18. The van der Waals surface area contributed by atoms with E-state index in [1.807, 2.05) is 11.8 Å². The van der Waals surface area contributed by atoms with E-state index in [1.165, 1.54) is 7.11 Å². The van der Waals surface area contributed by atoms with Crippen LogP contribution >= 0.6 is 12.2 Å². The molecule has 1 atom stereocenters. The predicted molar refractivity (Wildman–Crippen MR) is 58.0 cm³/mol. The zero-order valence-electron chi connectivity index (χ0n) is 8.58. The summed E-state index contributed by atoms with van der Waals surface area (Å²) in [6.07, 6.45) is 1.82. The quantitative estimate of drug-likeness (QED) is 0.538. The molecule has 0 aromatic heterocycles. The lowest BCUT2D eigenvalue weighted by molar-refractivity contribution is -0.144. The van der Waals surface area contributed by atoms with Crippen LogP contribution in [0.2, 0.25) is 0 Å². The summed E-state index contributed by atoms with van der Waals surface area (Å²) in [5.74, 6) is -0.192. The molecule has 1 rings (SSSR count). The lowest BCUT2D eigenvalue weighted by Crippen LogP contribution is -2.46. The lowest BCUT2D eigenvalue weighted by Gasteiger charge is -2.25. The molecule has 0 bridgehead atoms. The van der Waals surface area contributed by atoms with E-state index < -0.39 is 0 Å². The molecule has 1 aliphatic heterocycles. The number of rotatable bonds is 2. The van der Waals surface area contributed by atoms with Crippen LogP contribution < -0.4 is 5.32 Å². The number of likely N-dealkylation sites (tertiary alicyclic amines) is 1. The highest BCUT2D eigenvalue weighted by molar-refractivity contribution is 7.80. The van der Waals surface area contributed by atoms with E-state index in [0.717, 1.165) is 25.9 Å². The number of methoxy groups -OCH3 is 1. The van der Waals surface area contributed by atoms with Crippen LogP contribution in [0.5, 0.6) is 0 Å². The molecular formula is C9H16N2O2S. The zero-order chi connectivity index (χ0) is 10.6. The maximum absolute atomic E-state index is 11.4. The molecular weight excluding hydrogens is 200 g/mol. The van der Waals surface area contributed by atoms with Crippen LogP contribution in [0, 0.1) is 0 Å². The van der Waals surface area contributed by atoms with Gasteiger partial charge in [0, 0.05) is 13.1 Å². The Balaban J connectivity index is 2.59. The predicted octanol–water partition coefficient (Wildman–Crippen LogP) is 0.518. The first-order valence-electron chi connectivity index (χ1n) is 4.83. The Labute approximate surface area is 89.6 Å². The maximum Gasteiger partial charge on any atom is 0.328 e. The summed E-state index contributed by atoms with van der Waals surface area (Å²) in [5.41, 5.74) is 0. The van der Waals surface area contributed by atoms with E-state index in [-0.39, 0.29) is 12.0 Å². The second-order valence-corrected chi connectivity index (χ2v) is 3.60. The first-order chi connectivity index (χ1) is 6.70. The molecule has 80 valence electrons. The van der Waals surface area contributed by atoms with Crippen molar-refractivity contribution in [3.8, 4) is 0 Å². The average Bonchev–Trinajstić information content (AvgIpc) is 2.65. The zero-order valence-corrected chi connectivity index (χ0v) is 9.39. The van der Waals surface area contributed by atoms with Crippen LogP contribution in [0.1, 0.15) is 19.8 Å². The smallest absolute Gasteiger partial charge is 0.328 e. The molecule has 1 aliphatic rings. The molecule has 1 N–H and O–H groups in total. The van der Waals surface area contributed by atoms with Gasteiger partial charge in [-0.05, 0) is 32.0 Å². The molecule has 1 unspecified atom stereocenters. The Morgan fingerprint density at radius 1 is 1.71 bits per heavy atom. The monoisotopic (exact) mass is 216 g/mol. The SMILES string of the molecule is CCNC(=S)N1CCCC1C(=O)OC. The molecule has 0 amide bonds. The van der Waals surface area contributed by atoms with E-state index in [1.54, 1.807) is 0 Å². The molecule has 5 heteroatoms. The summed E-state index contributed by atoms with van der Waals surface area (Å²) in [7, 11) is 1.41. The van der Waals surface area contributed by atoms with Gasteiger partial charge in [-0.3, -0.25) is 0 Å². The summed E-state index contributed by atoms with van der Waals surface area (Å²) in [6, 6.07) is -0.188. The summed E-state index contributed by atoms with van der Waals surface area (Å²) in [6.45, 7) is 3.60. The molecule has 0 aliphatic carbocycles. The number of thiocarbonyl (C=S) groups is 1. The molecule has 0 aromatic rings. The molecule has 1 heterocycles. The molecule has 1 saturated heterocycles. The van der Waals surface area contributed by atoms with Crippen molar-refractivity contribution in [2.45, 2.75) is 25.8 Å². The van der Waals surface area contributed by atoms with Gasteiger partial charge in [0.1, 0.15) is 6.04 Å². The van der Waals surface area contributed by atoms with Gasteiger partial charge in [0.05, 0.1) is 7.11 Å². The van der Waals surface area contributed by atoms with Gasteiger partial charge in [-0.25, -0.2) is 4.79 Å². The minimum Gasteiger partial charge on any atom is -0.467 e. The average molecular weight is 216 g/mol. The highest BCUT2D eigenvalue weighted by atomic mass is 32.1. The van der Waals surface area contributed by atoms with E-state index in [0.29, 0.717) is 5.11 Å². The van der Waals surface area contributed by atoms with Crippen molar-refractivity contribution >= 4 is 23.3 Å². The van der Waals surface area contributed by atoms with E-state index in [9.17, 15) is 4.79 Å². The number of nitrogens with zero attached hydrogens (tertiary/aromatic N) is 1. The number of hydrogen-bond donors (Lipinski definition) is 1. The molecule has 14 heavy (non-hydrogen) atoms. The van der Waals surface area contributed by atoms with Gasteiger partial charge in [0.2, 0.25) is 0 Å². The molecule has 4 nitrogen and oxygen atoms in total. The summed E-state index contributed by atoms with van der Waals surface area (Å²) in [4.78, 5) is 13.3. The van der Waals surface area contributed by atoms with Crippen molar-refractivity contribution in [1.29, 1.82) is 0 Å². The Kier molecular flexibility index (Phi) is 4.13. The van der Waals surface area contributed by atoms with Crippen molar-refractivity contribution in [1.82, 2.24) is 10.2 Å². The van der Waals surface area contributed by atoms with E-state index in [4.69, 9.17) is 17.0 Å². The standard InChI is InChI=1S/C9H16N2O2S/c1-3-10-9(14)11-6-4-5-7(11)8(12)13-2/h7H,3-6H2,1-2H3,(H,10,14). The number of carbonyl (C=O) groups is 1. The van der Waals surface area contributed by atoms with E-state index in [2.05, 4.69) is 5.32 Å². The fourth-order valence-electron chi connectivity index (χ4n) is 1.64. The van der Waals surface area contributed by atoms with Crippen molar-refractivity contribution in [2.75, 3.05) is 20.2 Å². The fourth-order valence-corrected chi connectivity index (χ4v) is 2.01. The fraction of sp³-hybridized carbons (Fsp3) is 0.778. The summed E-state index contributed by atoms with van der Waals surface area (Å²) < 4.78 is 4.72. The number of ether oxygens (including phenoxy) is 1. The Morgan fingerprint density at radius 3 is 3.00 bits per heavy atom. The summed E-state index contributed by atoms with van der Waals surface area (Å²) in [5, 5.41) is 3.70. The number of carbonyl (C=O) groups excluding carboxylic acids is 1. The second kappa shape index (κ2) is 5.14. The van der Waals surface area contributed by atoms with Gasteiger partial charge in [0.25, 0.3) is 0 Å². The topological polar surface area (TPSA) is 41.6 Å². The van der Waals surface area contributed by atoms with Crippen molar-refractivity contribution in [3.05, 3.63) is 0 Å². The molecule has 0 aromatic carbocycles. The first kappa shape index (κ1) is 11.2. The second-order valence-electron chi connectivity index (χ2n) is 3.21. The highest BCUT2D eigenvalue weighted by Gasteiger charge is 2.32. The lowest BCUT2D eigenvalue weighted by atomic mass is 10.2. The van der Waals surface area contributed by atoms with Crippen LogP contribution in [-0.2, 0) is 9.53 Å². The van der Waals surface area contributed by atoms with Crippen molar-refractivity contribution < 1.29 is 9.53 Å². The van der Waals surface area contributed by atoms with Crippen molar-refractivity contribution in [2.24, 2.45) is 0 Å². The van der Waals surface area contributed by atoms with E-state index >= 15 is 0 Å². The van der Waals surface area contributed by atoms with Crippen LogP contribution in [0.3, 0.4) is 0 Å². The van der Waals surface area contributed by atoms with Gasteiger partial charge in [0.15, 0.2) is 5.11 Å². The summed E-state index contributed by atoms with van der Waals surface area (Å²) >= 11 is 5.16. The Hall–Kier alpha value is -0.840. The third-order valence-corrected chi connectivity index (χ3v) is 2.69. The van der Waals surface area contributed by atoms with Gasteiger partial charge in [-0.15, -0.1) is 0 Å². The Morgan fingerprint density at radius 2 is 2.43 bits per heavy atom. The normalized spacial score (nSPS) is 20.7. The van der Waals surface area contributed by atoms with Gasteiger partial charge in [-0.2, -0.15) is 0 Å². The van der Waals surface area contributed by atoms with Crippen LogP contribution in [0.15, 0.2) is 0 Å². The van der Waals surface area contributed by atoms with Crippen LogP contribution in [0.25, 0.3) is 0 Å². The largest absolute Gasteiger partial charge is 0.467 e. The van der Waals surface area contributed by atoms with Crippen LogP contribution in [-0.4, -0.2) is 42.2 Å². The third kappa shape index (κ3) is 2.35. The van der Waals surface area contributed by atoms with Crippen molar-refractivity contribution in [3.63, 3.8) is 0 Å².